The van der Waals surface area contributed by atoms with Crippen LogP contribution in [0.2, 0.25) is 0 Å². The predicted molar refractivity (Wildman–Crippen MR) is 40.8 cm³/mol. The molecule has 70 valence electrons. The first-order valence-electron chi connectivity index (χ1n) is 4.84. The molecular weight excluding hydrogens is 197 g/mol. The second-order valence-corrected chi connectivity index (χ2v) is 6.66. The summed E-state index contributed by atoms with van der Waals surface area (Å²) in [6.07, 6.45) is 0. The van der Waals surface area contributed by atoms with Crippen molar-refractivity contribution in [2.24, 2.45) is 41.4 Å². The molecule has 6 aliphatic carbocycles. The van der Waals surface area contributed by atoms with Crippen molar-refractivity contribution in [3.63, 3.8) is 0 Å². The summed E-state index contributed by atoms with van der Waals surface area (Å²) in [6, 6.07) is 0. The first kappa shape index (κ1) is 6.59. The molecule has 0 spiro atoms. The van der Waals surface area contributed by atoms with Gasteiger partial charge in [-0.2, -0.15) is 13.2 Å². The van der Waals surface area contributed by atoms with Crippen LogP contribution in [0.5, 0.6) is 0 Å². The van der Waals surface area contributed by atoms with Gasteiger partial charge in [-0.05, 0) is 53.2 Å². The Balaban J connectivity index is 1.53. The van der Waals surface area contributed by atoms with Gasteiger partial charge in [0.1, 0.15) is 0 Å². The summed E-state index contributed by atoms with van der Waals surface area (Å²) >= 11 is 0.350. The molecule has 0 aliphatic heterocycles. The van der Waals surface area contributed by atoms with Crippen LogP contribution in [0.15, 0.2) is 0 Å². The van der Waals surface area contributed by atoms with Crippen molar-refractivity contribution >= 4 is 11.8 Å². The van der Waals surface area contributed by atoms with E-state index >= 15 is 0 Å². The third-order valence-electron chi connectivity index (χ3n) is 5.68. The Kier molecular flexibility index (Phi) is 0.655. The van der Waals surface area contributed by atoms with Crippen LogP contribution in [0.25, 0.3) is 0 Å². The summed E-state index contributed by atoms with van der Waals surface area (Å²) < 4.78 is 36.6. The van der Waals surface area contributed by atoms with E-state index in [0.717, 1.165) is 23.7 Å². The normalized spacial score (nSPS) is 78.2. The van der Waals surface area contributed by atoms with E-state index in [9.17, 15) is 13.2 Å². The van der Waals surface area contributed by atoms with Gasteiger partial charge in [-0.1, -0.05) is 0 Å². The molecule has 0 saturated heterocycles. The molecule has 13 heavy (non-hydrogen) atoms. The maximum Gasteiger partial charge on any atom is 0.442 e. The molecule has 6 fully saturated rings. The largest absolute Gasteiger partial charge is 0.442 e. The molecule has 0 aromatic rings. The zero-order valence-corrected chi connectivity index (χ0v) is 7.40. The fraction of sp³-hybridized carbons (Fsp3) is 1.00. The van der Waals surface area contributed by atoms with Crippen LogP contribution < -0.4 is 0 Å². The number of hydrogen-bond donors (Lipinski definition) is 0. The summed E-state index contributed by atoms with van der Waals surface area (Å²) in [6.45, 7) is 0. The van der Waals surface area contributed by atoms with Gasteiger partial charge in [-0.15, -0.1) is 0 Å². The predicted octanol–water partition coefficient (Wildman–Crippen LogP) is 2.36. The average molecular weight is 204 g/mol. The van der Waals surface area contributed by atoms with E-state index in [1.165, 1.54) is 0 Å². The molecule has 6 saturated carbocycles. The fourth-order valence-corrected chi connectivity index (χ4v) is 7.48. The van der Waals surface area contributed by atoms with E-state index < -0.39 is 5.51 Å². The molecule has 0 aromatic heterocycles. The van der Waals surface area contributed by atoms with Gasteiger partial charge in [0.25, 0.3) is 0 Å². The molecule has 0 radical (unpaired) electrons. The van der Waals surface area contributed by atoms with Crippen LogP contribution in [-0.4, -0.2) is 10.3 Å². The third-order valence-corrected chi connectivity index (χ3v) is 7.08. The molecule has 0 nitrogen and oxygen atoms in total. The van der Waals surface area contributed by atoms with Crippen molar-refractivity contribution in [3.05, 3.63) is 0 Å². The Morgan fingerprint density at radius 2 is 1.31 bits per heavy atom. The van der Waals surface area contributed by atoms with Gasteiger partial charge in [-0.3, -0.25) is 0 Å². The minimum absolute atomic E-state index is 0.257. The maximum atomic E-state index is 12.3. The van der Waals surface area contributed by atoms with Gasteiger partial charge in [0, 0.05) is 4.75 Å². The van der Waals surface area contributed by atoms with E-state index in [4.69, 9.17) is 0 Å². The molecule has 0 heterocycles. The van der Waals surface area contributed by atoms with Crippen molar-refractivity contribution in [2.75, 3.05) is 0 Å². The van der Waals surface area contributed by atoms with Gasteiger partial charge in [0.15, 0.2) is 0 Å². The highest BCUT2D eigenvalue weighted by Gasteiger charge is 3.05. The molecule has 4 heteroatoms. The second kappa shape index (κ2) is 1.29. The summed E-state index contributed by atoms with van der Waals surface area (Å²) in [5.74, 6) is 4.70. The summed E-state index contributed by atoms with van der Waals surface area (Å²) in [5, 5.41) is 0. The summed E-state index contributed by atoms with van der Waals surface area (Å²) in [7, 11) is 0. The topological polar surface area (TPSA) is 0 Å². The Morgan fingerprint density at radius 3 is 1.69 bits per heavy atom. The SMILES string of the molecule is FC(F)(F)SC12C3C4C5C3C1C5C42. The first-order valence-corrected chi connectivity index (χ1v) is 5.66. The molecular formula is C9H7F3S. The molecule has 0 atom stereocenters. The van der Waals surface area contributed by atoms with Crippen LogP contribution in [-0.2, 0) is 0 Å². The van der Waals surface area contributed by atoms with Crippen LogP contribution >= 0.6 is 11.8 Å². The van der Waals surface area contributed by atoms with Crippen molar-refractivity contribution < 1.29 is 13.2 Å². The van der Waals surface area contributed by atoms with Crippen LogP contribution in [0, 0.1) is 41.4 Å². The number of thioether (sulfide) groups is 1. The number of rotatable bonds is 1. The standard InChI is InChI=1S/C9H7F3S/c10-9(11,12)13-8-5-2-1-3(5)7(8)4(1)6(2)8/h1-7H. The first-order chi connectivity index (χ1) is 6.07. The molecule has 0 N–H and O–H groups in total. The van der Waals surface area contributed by atoms with Crippen molar-refractivity contribution in [1.29, 1.82) is 0 Å². The second-order valence-electron chi connectivity index (χ2n) is 5.29. The minimum atomic E-state index is -3.99. The fourth-order valence-electron chi connectivity index (χ4n) is 5.73. The van der Waals surface area contributed by atoms with Crippen LogP contribution in [0.1, 0.15) is 0 Å². The van der Waals surface area contributed by atoms with E-state index in [0.29, 0.717) is 29.5 Å². The van der Waals surface area contributed by atoms with Crippen molar-refractivity contribution in [1.82, 2.24) is 0 Å². The molecule has 0 bridgehead atoms. The molecule has 0 aromatic carbocycles. The molecule has 0 amide bonds. The highest BCUT2D eigenvalue weighted by molar-refractivity contribution is 8.01. The van der Waals surface area contributed by atoms with Crippen LogP contribution in [0.3, 0.4) is 0 Å². The van der Waals surface area contributed by atoms with Crippen molar-refractivity contribution in [3.8, 4) is 0 Å². The van der Waals surface area contributed by atoms with Crippen molar-refractivity contribution in [2.45, 2.75) is 10.3 Å². The summed E-state index contributed by atoms with van der Waals surface area (Å²) in [4.78, 5) is 0. The minimum Gasteiger partial charge on any atom is -0.160 e. The smallest absolute Gasteiger partial charge is 0.160 e. The highest BCUT2D eigenvalue weighted by atomic mass is 32.2. The molecule has 6 aliphatic rings. The van der Waals surface area contributed by atoms with Gasteiger partial charge < -0.3 is 0 Å². The van der Waals surface area contributed by atoms with E-state index in [2.05, 4.69) is 0 Å². The van der Waals surface area contributed by atoms with Gasteiger partial charge in [0.2, 0.25) is 0 Å². The zero-order chi connectivity index (χ0) is 8.75. The Hall–Kier alpha value is 0.140. The highest BCUT2D eigenvalue weighted by Crippen LogP contribution is 3.05. The van der Waals surface area contributed by atoms with E-state index in [1.54, 1.807) is 0 Å². The third kappa shape index (κ3) is 0.345. The molecule has 0 unspecified atom stereocenters. The Labute approximate surface area is 77.2 Å². The lowest BCUT2D eigenvalue weighted by Gasteiger charge is -3.07. The number of hydrogen-bond acceptors (Lipinski definition) is 1. The Bertz CT molecular complexity index is 296. The van der Waals surface area contributed by atoms with Crippen LogP contribution in [0.4, 0.5) is 13.2 Å². The quantitative estimate of drug-likeness (QED) is 0.631. The summed E-state index contributed by atoms with van der Waals surface area (Å²) in [5.41, 5.74) is -3.99. The van der Waals surface area contributed by atoms with E-state index in [1.807, 2.05) is 0 Å². The Morgan fingerprint density at radius 1 is 0.846 bits per heavy atom. The van der Waals surface area contributed by atoms with Gasteiger partial charge >= 0.3 is 5.51 Å². The monoisotopic (exact) mass is 204 g/mol. The van der Waals surface area contributed by atoms with Gasteiger partial charge in [0.05, 0.1) is 0 Å². The lowest BCUT2D eigenvalue weighted by atomic mass is 9.01. The number of alkyl halides is 3. The average Bonchev–Trinajstić information content (AvgIpc) is 2.02. The van der Waals surface area contributed by atoms with Gasteiger partial charge in [-0.25, -0.2) is 0 Å². The molecule has 6 rings (SSSR count). The lowest BCUT2D eigenvalue weighted by molar-refractivity contribution is -0.545. The lowest BCUT2D eigenvalue weighted by Crippen LogP contribution is -3.07. The maximum absolute atomic E-state index is 12.3. The number of halogens is 3. The van der Waals surface area contributed by atoms with E-state index in [-0.39, 0.29) is 4.75 Å². The zero-order valence-electron chi connectivity index (χ0n) is 6.58.